The van der Waals surface area contributed by atoms with Gasteiger partial charge in [-0.2, -0.15) is 46.7 Å². The number of benzene rings is 4. The number of aliphatic hydroxyl groups excluding tert-OH is 2. The van der Waals surface area contributed by atoms with E-state index in [-0.39, 0.29) is 71.3 Å². The van der Waals surface area contributed by atoms with Gasteiger partial charge in [-0.25, -0.2) is 0 Å². The fourth-order valence-electron chi connectivity index (χ4n) is 5.30. The van der Waals surface area contributed by atoms with Crippen molar-refractivity contribution in [2.75, 3.05) is 45.0 Å². The summed E-state index contributed by atoms with van der Waals surface area (Å²) in [6.07, 6.45) is 1.06. The molecule has 0 bridgehead atoms. The number of anilines is 10. The lowest BCUT2D eigenvalue weighted by atomic mass is 10.1. The Morgan fingerprint density at radius 2 is 0.800 bits per heavy atom. The van der Waals surface area contributed by atoms with Crippen LogP contribution in [0.4, 0.5) is 58.4 Å². The number of aromatic nitrogens is 6. The van der Waals surface area contributed by atoms with E-state index in [9.17, 15) is 36.2 Å². The molecule has 0 saturated carbocycles. The quantitative estimate of drug-likeness (QED) is 0.0388. The second-order valence-corrected chi connectivity index (χ2v) is 15.9. The van der Waals surface area contributed by atoms with E-state index >= 15 is 0 Å². The number of aliphatic hydroxyl groups is 2. The van der Waals surface area contributed by atoms with E-state index in [4.69, 9.17) is 0 Å². The molecule has 6 aromatic rings. The van der Waals surface area contributed by atoms with Gasteiger partial charge in [-0.05, 0) is 73.5 Å². The fraction of sp³-hybridized carbons (Fsp3) is 0.158. The van der Waals surface area contributed by atoms with Gasteiger partial charge in [0.2, 0.25) is 35.7 Å². The lowest BCUT2D eigenvalue weighted by molar-refractivity contribution is 0.207. The normalized spacial score (nSPS) is 12.7. The Labute approximate surface area is 344 Å². The van der Waals surface area contributed by atoms with Crippen molar-refractivity contribution in [3.05, 3.63) is 108 Å². The van der Waals surface area contributed by atoms with Crippen molar-refractivity contribution in [2.45, 2.75) is 35.8 Å². The van der Waals surface area contributed by atoms with Crippen LogP contribution in [0, 0.1) is 0 Å². The fourth-order valence-corrected chi connectivity index (χ4v) is 6.72. The molecule has 22 heteroatoms. The van der Waals surface area contributed by atoms with E-state index in [1.165, 1.54) is 36.4 Å². The van der Waals surface area contributed by atoms with Gasteiger partial charge in [-0.3, -0.25) is 9.11 Å². The topological polar surface area (TPSA) is 299 Å². The molecular weight excluding hydrogens is 817 g/mol. The predicted molar refractivity (Wildman–Crippen MR) is 227 cm³/mol. The van der Waals surface area contributed by atoms with Crippen molar-refractivity contribution in [2.24, 2.45) is 0 Å². The van der Waals surface area contributed by atoms with Crippen LogP contribution in [0.15, 0.2) is 107 Å². The van der Waals surface area contributed by atoms with E-state index in [0.29, 0.717) is 11.4 Å². The number of nitrogens with zero attached hydrogens (tertiary/aromatic N) is 6. The highest BCUT2D eigenvalue weighted by Gasteiger charge is 2.19. The molecule has 0 saturated heterocycles. The Kier molecular flexibility index (Phi) is 13.4. The summed E-state index contributed by atoms with van der Waals surface area (Å²) in [6.45, 7) is 3.40. The summed E-state index contributed by atoms with van der Waals surface area (Å²) in [5.41, 5.74) is 1.58. The Hall–Kier alpha value is -6.82. The minimum atomic E-state index is -4.86. The van der Waals surface area contributed by atoms with Crippen molar-refractivity contribution in [3.8, 4) is 0 Å². The van der Waals surface area contributed by atoms with Gasteiger partial charge in [0.05, 0.1) is 12.2 Å². The average molecular weight is 857 g/mol. The van der Waals surface area contributed by atoms with Gasteiger partial charge in [-0.15, -0.1) is 0 Å². The highest BCUT2D eigenvalue weighted by atomic mass is 32.2. The van der Waals surface area contributed by atoms with Gasteiger partial charge in [0, 0.05) is 35.8 Å². The highest BCUT2D eigenvalue weighted by molar-refractivity contribution is 7.86. The zero-order chi connectivity index (χ0) is 42.9. The molecule has 0 radical (unpaired) electrons. The molecule has 312 valence electrons. The van der Waals surface area contributed by atoms with Crippen LogP contribution < -0.4 is 31.9 Å². The van der Waals surface area contributed by atoms with Crippen molar-refractivity contribution >= 4 is 90.8 Å². The molecule has 2 unspecified atom stereocenters. The Bertz CT molecular complexity index is 2510. The summed E-state index contributed by atoms with van der Waals surface area (Å²) in [6, 6.07) is 26.0. The second kappa shape index (κ2) is 18.8. The van der Waals surface area contributed by atoms with Crippen molar-refractivity contribution in [3.63, 3.8) is 0 Å². The molecule has 0 aliphatic heterocycles. The third kappa shape index (κ3) is 12.3. The lowest BCUT2D eigenvalue weighted by Crippen LogP contribution is -2.18. The molecule has 0 spiro atoms. The van der Waals surface area contributed by atoms with E-state index in [2.05, 4.69) is 61.8 Å². The van der Waals surface area contributed by atoms with Crippen LogP contribution in [0.5, 0.6) is 0 Å². The first-order chi connectivity index (χ1) is 28.6. The molecule has 10 N–H and O–H groups in total. The lowest BCUT2D eigenvalue weighted by Gasteiger charge is -2.13. The number of hydrogen-bond acceptors (Lipinski definition) is 18. The van der Waals surface area contributed by atoms with Gasteiger partial charge in [0.25, 0.3) is 20.2 Å². The molecule has 2 aromatic heterocycles. The summed E-state index contributed by atoms with van der Waals surface area (Å²) in [7, 11) is -9.72. The summed E-state index contributed by atoms with van der Waals surface area (Å²) in [5, 5.41) is 37.2. The maximum absolute atomic E-state index is 12.6. The molecule has 4 aromatic carbocycles. The first-order valence-electron chi connectivity index (χ1n) is 18.0. The number of rotatable bonds is 18. The molecule has 2 heterocycles. The van der Waals surface area contributed by atoms with E-state index in [1.807, 2.05) is 36.4 Å². The van der Waals surface area contributed by atoms with E-state index < -0.39 is 42.2 Å². The summed E-state index contributed by atoms with van der Waals surface area (Å²) < 4.78 is 70.9. The van der Waals surface area contributed by atoms with Gasteiger partial charge >= 0.3 is 0 Å². The van der Waals surface area contributed by atoms with Crippen LogP contribution in [-0.4, -0.2) is 91.4 Å². The molecular formula is C38H40N12O8S2. The van der Waals surface area contributed by atoms with Crippen LogP contribution in [0.25, 0.3) is 12.2 Å². The van der Waals surface area contributed by atoms with E-state index in [0.717, 1.165) is 12.1 Å². The number of nitrogens with one attached hydrogen (secondary N) is 6. The van der Waals surface area contributed by atoms with Crippen molar-refractivity contribution in [1.82, 2.24) is 29.9 Å². The van der Waals surface area contributed by atoms with Gasteiger partial charge in [0.1, 0.15) is 9.79 Å². The smallest absolute Gasteiger partial charge is 0.295 e. The number of hydrogen-bond donors (Lipinski definition) is 10. The van der Waals surface area contributed by atoms with Crippen LogP contribution in [0.1, 0.15) is 25.0 Å². The maximum Gasteiger partial charge on any atom is 0.295 e. The molecule has 2 atom stereocenters. The molecule has 0 fully saturated rings. The van der Waals surface area contributed by atoms with E-state index in [1.54, 1.807) is 38.1 Å². The summed E-state index contributed by atoms with van der Waals surface area (Å²) in [4.78, 5) is 24.9. The van der Waals surface area contributed by atoms with Crippen LogP contribution in [-0.2, 0) is 20.2 Å². The highest BCUT2D eigenvalue weighted by Crippen LogP contribution is 2.29. The molecule has 20 nitrogen and oxygen atoms in total. The molecule has 0 aliphatic carbocycles. The second-order valence-electron chi connectivity index (χ2n) is 13.1. The minimum absolute atomic E-state index is 0.0133. The third-order valence-electron chi connectivity index (χ3n) is 7.98. The average Bonchev–Trinajstić information content (AvgIpc) is 3.19. The Balaban J connectivity index is 1.27. The zero-order valence-corrected chi connectivity index (χ0v) is 33.5. The first-order valence-corrected chi connectivity index (χ1v) is 20.9. The summed E-state index contributed by atoms with van der Waals surface area (Å²) >= 11 is 0. The molecule has 0 amide bonds. The van der Waals surface area contributed by atoms with Gasteiger partial charge in [-0.1, -0.05) is 60.7 Å². The first kappa shape index (κ1) is 42.8. The molecule has 0 aliphatic rings. The van der Waals surface area contributed by atoms with Gasteiger partial charge < -0.3 is 42.1 Å². The number of para-hydroxylation sites is 2. The third-order valence-corrected chi connectivity index (χ3v) is 9.80. The SMILES string of the molecule is CC(O)CNc1nc(Nc2ccccc2)nc(Nc2ccc(C=Cc3ccc(Nc4nc(NCC(C)O)nc(Nc5ccccc5)n4)cc3S(=O)(=O)O)c(S(=O)(=O)O)c2)n1. The molecule has 6 rings (SSSR count). The maximum atomic E-state index is 12.6. The Morgan fingerprint density at radius 1 is 0.483 bits per heavy atom. The monoisotopic (exact) mass is 856 g/mol. The largest absolute Gasteiger partial charge is 0.392 e. The van der Waals surface area contributed by atoms with Crippen LogP contribution >= 0.6 is 0 Å². The van der Waals surface area contributed by atoms with Crippen LogP contribution in [0.3, 0.4) is 0 Å². The van der Waals surface area contributed by atoms with Gasteiger partial charge in [0.15, 0.2) is 0 Å². The molecule has 60 heavy (non-hydrogen) atoms. The Morgan fingerprint density at radius 3 is 1.12 bits per heavy atom. The minimum Gasteiger partial charge on any atom is -0.392 e. The standard InChI is InChI=1S/C38H40N12O8S2/c1-23(51)21-39-33-45-35(41-27-9-5-3-6-10-27)49-37(47-33)43-29-17-15-25(31(19-29)59(53,54)55)13-14-26-16-18-30(20-32(26)60(56,57)58)44-38-48-34(40-22-24(2)52)46-36(50-38)42-28-11-7-4-8-12-28/h3-20,23-24,51-52H,21-22H2,1-2H3,(H,53,54,55)(H,56,57,58)(H3,39,41,43,45,47,49)(H3,40,42,44,46,48,50). The zero-order valence-electron chi connectivity index (χ0n) is 31.9. The predicted octanol–water partition coefficient (Wildman–Crippen LogP) is 5.28. The summed E-state index contributed by atoms with van der Waals surface area (Å²) in [5.74, 6) is 0.436. The van der Waals surface area contributed by atoms with Crippen molar-refractivity contribution in [1.29, 1.82) is 0 Å². The van der Waals surface area contributed by atoms with Crippen LogP contribution in [0.2, 0.25) is 0 Å². The van der Waals surface area contributed by atoms with Crippen molar-refractivity contribution < 1.29 is 36.2 Å².